The lowest BCUT2D eigenvalue weighted by atomic mass is 10.1. The highest BCUT2D eigenvalue weighted by Gasteiger charge is 2.19. The average Bonchev–Trinajstić information content (AvgIpc) is 3.16. The number of hydrogen-bond donors (Lipinski definition) is 0. The van der Waals surface area contributed by atoms with Crippen LogP contribution in [0.2, 0.25) is 0 Å². The summed E-state index contributed by atoms with van der Waals surface area (Å²) in [7, 11) is 0. The quantitative estimate of drug-likeness (QED) is 0.463. The fraction of sp³-hybridized carbons (Fsp3) is 0. The second-order valence-electron chi connectivity index (χ2n) is 5.92. The van der Waals surface area contributed by atoms with Crippen LogP contribution in [0.25, 0.3) is 32.9 Å². The molecule has 4 heteroatoms. The standard InChI is InChI=1S/C21H15N4/c1-3-11-18-16(7-1)9-5-13-20(18)24-22-15-23-25(24)21-14-6-10-17-8-2-4-12-19(17)21/h1-15H/q+1. The van der Waals surface area contributed by atoms with E-state index < -0.39 is 0 Å². The van der Waals surface area contributed by atoms with Gasteiger partial charge < -0.3 is 0 Å². The first-order chi connectivity index (χ1) is 12.4. The van der Waals surface area contributed by atoms with Crippen molar-refractivity contribution in [3.05, 3.63) is 91.3 Å². The molecule has 0 aliphatic carbocycles. The molecular weight excluding hydrogens is 308 g/mol. The van der Waals surface area contributed by atoms with Crippen LogP contribution in [0, 0.1) is 0 Å². The van der Waals surface area contributed by atoms with Crippen LogP contribution < -0.4 is 4.80 Å². The monoisotopic (exact) mass is 323 g/mol. The van der Waals surface area contributed by atoms with E-state index in [1.807, 2.05) is 46.0 Å². The van der Waals surface area contributed by atoms with Crippen molar-refractivity contribution >= 4 is 21.5 Å². The molecular formula is C21H15N4+. The molecule has 4 aromatic carbocycles. The summed E-state index contributed by atoms with van der Waals surface area (Å²) in [5.74, 6) is 0. The Kier molecular flexibility index (Phi) is 3.07. The number of nitrogens with zero attached hydrogens (tertiary/aromatic N) is 4. The van der Waals surface area contributed by atoms with Crippen LogP contribution in [0.4, 0.5) is 0 Å². The number of fused-ring (bicyclic) bond motifs is 2. The van der Waals surface area contributed by atoms with Gasteiger partial charge in [0, 0.05) is 15.6 Å². The van der Waals surface area contributed by atoms with Crippen LogP contribution >= 0.6 is 0 Å². The number of hydrogen-bond acceptors (Lipinski definition) is 2. The molecule has 0 fully saturated rings. The van der Waals surface area contributed by atoms with E-state index in [2.05, 4.69) is 58.7 Å². The molecule has 0 amide bonds. The van der Waals surface area contributed by atoms with E-state index in [1.54, 1.807) is 6.33 Å². The van der Waals surface area contributed by atoms with Crippen molar-refractivity contribution in [1.29, 1.82) is 0 Å². The molecule has 1 aromatic heterocycles. The summed E-state index contributed by atoms with van der Waals surface area (Å²) in [5, 5.41) is 13.6. The van der Waals surface area contributed by atoms with Crippen LogP contribution in [0.5, 0.6) is 0 Å². The molecule has 0 saturated heterocycles. The summed E-state index contributed by atoms with van der Waals surface area (Å²) in [4.78, 5) is 3.70. The minimum absolute atomic E-state index is 1.00. The van der Waals surface area contributed by atoms with Crippen LogP contribution in [0.15, 0.2) is 91.3 Å². The van der Waals surface area contributed by atoms with Gasteiger partial charge >= 0.3 is 0 Å². The van der Waals surface area contributed by atoms with Gasteiger partial charge in [-0.25, -0.2) is 0 Å². The van der Waals surface area contributed by atoms with Gasteiger partial charge in [0.2, 0.25) is 0 Å². The molecule has 5 aromatic rings. The summed E-state index contributed by atoms with van der Waals surface area (Å²) in [6, 6.07) is 29.1. The predicted molar refractivity (Wildman–Crippen MR) is 97.9 cm³/mol. The van der Waals surface area contributed by atoms with E-state index in [1.165, 1.54) is 10.8 Å². The zero-order valence-electron chi connectivity index (χ0n) is 13.4. The molecule has 0 aliphatic heterocycles. The second-order valence-corrected chi connectivity index (χ2v) is 5.92. The average molecular weight is 323 g/mol. The number of benzene rings is 4. The highest BCUT2D eigenvalue weighted by atomic mass is 15.7. The van der Waals surface area contributed by atoms with Crippen molar-refractivity contribution in [2.75, 3.05) is 0 Å². The van der Waals surface area contributed by atoms with Gasteiger partial charge in [-0.2, -0.15) is 0 Å². The Balaban J connectivity index is 1.80. The fourth-order valence-corrected chi connectivity index (χ4v) is 3.31. The molecule has 118 valence electrons. The minimum atomic E-state index is 1.00. The van der Waals surface area contributed by atoms with Crippen LogP contribution in [-0.4, -0.2) is 15.0 Å². The summed E-state index contributed by atoms with van der Waals surface area (Å²) < 4.78 is 0. The maximum atomic E-state index is 4.49. The van der Waals surface area contributed by atoms with Crippen LogP contribution in [-0.2, 0) is 0 Å². The maximum Gasteiger partial charge on any atom is 0.297 e. The highest BCUT2D eigenvalue weighted by molar-refractivity contribution is 5.90. The first-order valence-electron chi connectivity index (χ1n) is 8.21. The maximum absolute atomic E-state index is 4.49. The molecule has 0 bridgehead atoms. The number of rotatable bonds is 2. The molecule has 5 rings (SSSR count). The van der Waals surface area contributed by atoms with Crippen molar-refractivity contribution in [3.8, 4) is 11.4 Å². The topological polar surface area (TPSA) is 34.6 Å². The lowest BCUT2D eigenvalue weighted by molar-refractivity contribution is -0.733. The lowest BCUT2D eigenvalue weighted by Crippen LogP contribution is -2.43. The van der Waals surface area contributed by atoms with E-state index >= 15 is 0 Å². The van der Waals surface area contributed by atoms with Gasteiger partial charge in [-0.3, -0.25) is 0 Å². The fourth-order valence-electron chi connectivity index (χ4n) is 3.31. The Bertz CT molecular complexity index is 1100. The molecule has 25 heavy (non-hydrogen) atoms. The summed E-state index contributed by atoms with van der Waals surface area (Å²) >= 11 is 0. The summed E-state index contributed by atoms with van der Waals surface area (Å²) in [6.07, 6.45) is 1.59. The van der Waals surface area contributed by atoms with Gasteiger partial charge in [0.25, 0.3) is 6.33 Å². The predicted octanol–water partition coefficient (Wildman–Crippen LogP) is 3.85. The van der Waals surface area contributed by atoms with Crippen molar-refractivity contribution in [1.82, 2.24) is 15.0 Å². The Morgan fingerprint density at radius 3 is 2.12 bits per heavy atom. The number of tetrazole rings is 1. The highest BCUT2D eigenvalue weighted by Crippen LogP contribution is 2.22. The largest absolute Gasteiger partial charge is 0.297 e. The number of aromatic nitrogens is 4. The molecule has 0 atom stereocenters. The summed E-state index contributed by atoms with van der Waals surface area (Å²) in [6.45, 7) is 0. The van der Waals surface area contributed by atoms with Gasteiger partial charge in [-0.05, 0) is 38.9 Å². The minimum Gasteiger partial charge on any atom is -0.0616 e. The molecule has 0 N–H and O–H groups in total. The first kappa shape index (κ1) is 13.9. The smallest absolute Gasteiger partial charge is 0.0616 e. The molecule has 0 unspecified atom stereocenters. The SMILES string of the molecule is c1ccc2c(-n3ncn[n+]3-c3cccc4ccccc34)cccc2c1. The zero-order valence-corrected chi connectivity index (χ0v) is 13.4. The normalized spacial score (nSPS) is 11.2. The van der Waals surface area contributed by atoms with Gasteiger partial charge in [0.15, 0.2) is 5.69 Å². The van der Waals surface area contributed by atoms with E-state index in [4.69, 9.17) is 0 Å². The van der Waals surface area contributed by atoms with E-state index in [0.29, 0.717) is 0 Å². The van der Waals surface area contributed by atoms with Gasteiger partial charge in [-0.15, -0.1) is 0 Å². The third-order valence-electron chi connectivity index (χ3n) is 4.47. The van der Waals surface area contributed by atoms with Gasteiger partial charge in [-0.1, -0.05) is 66.7 Å². The molecule has 0 spiro atoms. The first-order valence-corrected chi connectivity index (χ1v) is 8.21. The molecule has 4 nitrogen and oxygen atoms in total. The molecule has 0 radical (unpaired) electrons. The van der Waals surface area contributed by atoms with Crippen molar-refractivity contribution in [2.45, 2.75) is 0 Å². The zero-order chi connectivity index (χ0) is 16.6. The molecule has 0 saturated carbocycles. The Hall–Kier alpha value is -3.53. The van der Waals surface area contributed by atoms with Crippen molar-refractivity contribution < 1.29 is 4.80 Å². The van der Waals surface area contributed by atoms with Crippen molar-refractivity contribution in [2.24, 2.45) is 0 Å². The third-order valence-corrected chi connectivity index (χ3v) is 4.47. The Morgan fingerprint density at radius 2 is 1.28 bits per heavy atom. The lowest BCUT2D eigenvalue weighted by Gasteiger charge is -2.06. The molecule has 1 heterocycles. The van der Waals surface area contributed by atoms with Gasteiger partial charge in [0.05, 0.1) is 5.10 Å². The van der Waals surface area contributed by atoms with E-state index in [0.717, 1.165) is 22.1 Å². The van der Waals surface area contributed by atoms with Gasteiger partial charge in [0.1, 0.15) is 5.69 Å². The van der Waals surface area contributed by atoms with E-state index in [9.17, 15) is 0 Å². The second kappa shape index (κ2) is 5.53. The van der Waals surface area contributed by atoms with Crippen LogP contribution in [0.1, 0.15) is 0 Å². The Morgan fingerprint density at radius 1 is 0.640 bits per heavy atom. The summed E-state index contributed by atoms with van der Waals surface area (Å²) in [5.41, 5.74) is 2.01. The van der Waals surface area contributed by atoms with Crippen LogP contribution in [0.3, 0.4) is 0 Å². The van der Waals surface area contributed by atoms with Crippen molar-refractivity contribution in [3.63, 3.8) is 0 Å². The Labute approximate surface area is 144 Å². The molecule has 0 aliphatic rings. The van der Waals surface area contributed by atoms with E-state index in [-0.39, 0.29) is 0 Å². The third kappa shape index (κ3) is 2.19.